The minimum absolute atomic E-state index is 0.0418. The first-order valence-corrected chi connectivity index (χ1v) is 7.29. The predicted octanol–water partition coefficient (Wildman–Crippen LogP) is 3.48. The molecule has 1 aromatic heterocycles. The van der Waals surface area contributed by atoms with E-state index in [9.17, 15) is 13.6 Å². The Labute approximate surface area is 138 Å². The van der Waals surface area contributed by atoms with E-state index in [1.807, 2.05) is 12.1 Å². The SMILES string of the molecule is COc1cccc(C(=O)OCCCc2cccnc2)c1OC(F)F. The number of carbonyl (C=O) groups is 1. The highest BCUT2D eigenvalue weighted by Crippen LogP contribution is 2.32. The van der Waals surface area contributed by atoms with Gasteiger partial charge in [0.1, 0.15) is 5.56 Å². The van der Waals surface area contributed by atoms with E-state index in [0.29, 0.717) is 12.8 Å². The molecule has 0 atom stereocenters. The standard InChI is InChI=1S/C17H17F2NO4/c1-22-14-8-2-7-13(15(14)24-17(18)19)16(21)23-10-4-6-12-5-3-9-20-11-12/h2-3,5,7-9,11,17H,4,6,10H2,1H3. The fourth-order valence-corrected chi connectivity index (χ4v) is 2.11. The normalized spacial score (nSPS) is 10.5. The summed E-state index contributed by atoms with van der Waals surface area (Å²) in [6.45, 7) is -2.92. The number of aromatic nitrogens is 1. The van der Waals surface area contributed by atoms with Gasteiger partial charge in [-0.3, -0.25) is 4.98 Å². The smallest absolute Gasteiger partial charge is 0.387 e. The molecule has 0 unspecified atom stereocenters. The van der Waals surface area contributed by atoms with Gasteiger partial charge in [-0.25, -0.2) is 4.79 Å². The van der Waals surface area contributed by atoms with Crippen LogP contribution in [0.5, 0.6) is 11.5 Å². The van der Waals surface area contributed by atoms with Crippen LogP contribution in [-0.4, -0.2) is 31.3 Å². The van der Waals surface area contributed by atoms with Gasteiger partial charge in [-0.15, -0.1) is 0 Å². The molecular weight excluding hydrogens is 320 g/mol. The van der Waals surface area contributed by atoms with Crippen LogP contribution in [0.4, 0.5) is 8.78 Å². The number of alkyl halides is 2. The van der Waals surface area contributed by atoms with Gasteiger partial charge in [-0.05, 0) is 36.6 Å². The van der Waals surface area contributed by atoms with Crippen molar-refractivity contribution < 1.29 is 27.8 Å². The van der Waals surface area contributed by atoms with Crippen LogP contribution in [0.3, 0.4) is 0 Å². The third-order valence-corrected chi connectivity index (χ3v) is 3.19. The van der Waals surface area contributed by atoms with Crippen molar-refractivity contribution in [1.82, 2.24) is 4.98 Å². The first-order valence-electron chi connectivity index (χ1n) is 7.29. The average molecular weight is 337 g/mol. The second-order valence-corrected chi connectivity index (χ2v) is 4.82. The van der Waals surface area contributed by atoms with Crippen molar-refractivity contribution in [3.05, 3.63) is 53.9 Å². The maximum atomic E-state index is 12.5. The van der Waals surface area contributed by atoms with E-state index in [1.165, 1.54) is 25.3 Å². The second-order valence-electron chi connectivity index (χ2n) is 4.82. The Bertz CT molecular complexity index is 665. The molecule has 0 N–H and O–H groups in total. The highest BCUT2D eigenvalue weighted by Gasteiger charge is 2.21. The molecule has 0 aliphatic heterocycles. The number of ether oxygens (including phenoxy) is 3. The van der Waals surface area contributed by atoms with Gasteiger partial charge in [0.25, 0.3) is 0 Å². The van der Waals surface area contributed by atoms with Crippen molar-refractivity contribution in [3.8, 4) is 11.5 Å². The van der Waals surface area contributed by atoms with E-state index in [1.54, 1.807) is 12.4 Å². The molecule has 0 aliphatic carbocycles. The molecule has 24 heavy (non-hydrogen) atoms. The van der Waals surface area contributed by atoms with Gasteiger partial charge < -0.3 is 14.2 Å². The van der Waals surface area contributed by atoms with Gasteiger partial charge in [-0.1, -0.05) is 12.1 Å². The molecule has 1 heterocycles. The number of nitrogens with zero attached hydrogens (tertiary/aromatic N) is 1. The molecule has 2 rings (SSSR count). The van der Waals surface area contributed by atoms with Gasteiger partial charge in [-0.2, -0.15) is 8.78 Å². The van der Waals surface area contributed by atoms with Crippen molar-refractivity contribution in [2.75, 3.05) is 13.7 Å². The summed E-state index contributed by atoms with van der Waals surface area (Å²) in [5, 5.41) is 0. The Morgan fingerprint density at radius 3 is 2.75 bits per heavy atom. The lowest BCUT2D eigenvalue weighted by Gasteiger charge is -2.13. The number of pyridine rings is 1. The molecule has 0 saturated carbocycles. The number of rotatable bonds is 8. The molecule has 0 radical (unpaired) electrons. The Balaban J connectivity index is 1.96. The van der Waals surface area contributed by atoms with E-state index in [2.05, 4.69) is 9.72 Å². The van der Waals surface area contributed by atoms with Crippen molar-refractivity contribution in [2.24, 2.45) is 0 Å². The Morgan fingerprint density at radius 1 is 1.25 bits per heavy atom. The Morgan fingerprint density at radius 2 is 2.08 bits per heavy atom. The molecule has 0 aliphatic rings. The number of para-hydroxylation sites is 1. The summed E-state index contributed by atoms with van der Waals surface area (Å²) >= 11 is 0. The number of methoxy groups -OCH3 is 1. The molecule has 0 bridgehead atoms. The average Bonchev–Trinajstić information content (AvgIpc) is 2.59. The topological polar surface area (TPSA) is 57.7 Å². The fourth-order valence-electron chi connectivity index (χ4n) is 2.11. The largest absolute Gasteiger partial charge is 0.493 e. The fraction of sp³-hybridized carbons (Fsp3) is 0.294. The predicted molar refractivity (Wildman–Crippen MR) is 82.5 cm³/mol. The zero-order chi connectivity index (χ0) is 17.4. The first kappa shape index (κ1) is 17.7. The summed E-state index contributed by atoms with van der Waals surface area (Å²) in [6, 6.07) is 8.03. The summed E-state index contributed by atoms with van der Waals surface area (Å²) < 4.78 is 39.6. The quantitative estimate of drug-likeness (QED) is 0.545. The van der Waals surface area contributed by atoms with Crippen LogP contribution < -0.4 is 9.47 Å². The third-order valence-electron chi connectivity index (χ3n) is 3.19. The first-order chi connectivity index (χ1) is 11.6. The molecule has 0 fully saturated rings. The summed E-state index contributed by atoms with van der Waals surface area (Å²) in [5.41, 5.74) is 0.924. The van der Waals surface area contributed by atoms with Gasteiger partial charge in [0.15, 0.2) is 11.5 Å². The number of aryl methyl sites for hydroxylation is 1. The summed E-state index contributed by atoms with van der Waals surface area (Å²) in [7, 11) is 1.30. The minimum Gasteiger partial charge on any atom is -0.493 e. The lowest BCUT2D eigenvalue weighted by Crippen LogP contribution is -2.12. The highest BCUT2D eigenvalue weighted by atomic mass is 19.3. The van der Waals surface area contributed by atoms with Crippen LogP contribution in [0.2, 0.25) is 0 Å². The molecule has 0 saturated heterocycles. The molecule has 128 valence electrons. The number of carbonyl (C=O) groups excluding carboxylic acids is 1. The van der Waals surface area contributed by atoms with Crippen LogP contribution in [0, 0.1) is 0 Å². The second kappa shape index (κ2) is 8.81. The Hall–Kier alpha value is -2.70. The molecule has 5 nitrogen and oxygen atoms in total. The summed E-state index contributed by atoms with van der Waals surface area (Å²) in [6.07, 6.45) is 4.70. The Kier molecular flexibility index (Phi) is 6.48. The summed E-state index contributed by atoms with van der Waals surface area (Å²) in [4.78, 5) is 16.1. The van der Waals surface area contributed by atoms with Crippen molar-refractivity contribution >= 4 is 5.97 Å². The molecule has 7 heteroatoms. The van der Waals surface area contributed by atoms with Crippen LogP contribution in [0.25, 0.3) is 0 Å². The van der Waals surface area contributed by atoms with Crippen molar-refractivity contribution in [2.45, 2.75) is 19.5 Å². The van der Waals surface area contributed by atoms with E-state index in [4.69, 9.17) is 9.47 Å². The van der Waals surface area contributed by atoms with Crippen molar-refractivity contribution in [3.63, 3.8) is 0 Å². The number of hydrogen-bond acceptors (Lipinski definition) is 5. The minimum atomic E-state index is -3.07. The lowest BCUT2D eigenvalue weighted by atomic mass is 10.1. The van der Waals surface area contributed by atoms with Gasteiger partial charge in [0.2, 0.25) is 0 Å². The van der Waals surface area contributed by atoms with E-state index in [0.717, 1.165) is 5.56 Å². The van der Waals surface area contributed by atoms with Crippen LogP contribution >= 0.6 is 0 Å². The van der Waals surface area contributed by atoms with Crippen LogP contribution in [-0.2, 0) is 11.2 Å². The monoisotopic (exact) mass is 337 g/mol. The van der Waals surface area contributed by atoms with Crippen molar-refractivity contribution in [1.29, 1.82) is 0 Å². The number of halogens is 2. The number of esters is 1. The third kappa shape index (κ3) is 4.91. The molecule has 2 aromatic rings. The van der Waals surface area contributed by atoms with Gasteiger partial charge >= 0.3 is 12.6 Å². The molecule has 0 amide bonds. The maximum absolute atomic E-state index is 12.5. The zero-order valence-electron chi connectivity index (χ0n) is 13.1. The number of benzene rings is 1. The van der Waals surface area contributed by atoms with Crippen LogP contribution in [0.1, 0.15) is 22.3 Å². The summed E-state index contributed by atoms with van der Waals surface area (Å²) in [5.74, 6) is -1.02. The zero-order valence-corrected chi connectivity index (χ0v) is 13.1. The molecular formula is C17H17F2NO4. The lowest BCUT2D eigenvalue weighted by molar-refractivity contribution is -0.0518. The maximum Gasteiger partial charge on any atom is 0.387 e. The van der Waals surface area contributed by atoms with E-state index < -0.39 is 12.6 Å². The number of hydrogen-bond donors (Lipinski definition) is 0. The van der Waals surface area contributed by atoms with E-state index >= 15 is 0 Å². The van der Waals surface area contributed by atoms with Crippen LogP contribution in [0.15, 0.2) is 42.7 Å². The van der Waals surface area contributed by atoms with E-state index in [-0.39, 0.29) is 23.7 Å². The molecule has 1 aromatic carbocycles. The van der Waals surface area contributed by atoms with Gasteiger partial charge in [0.05, 0.1) is 13.7 Å². The molecule has 0 spiro atoms. The van der Waals surface area contributed by atoms with Gasteiger partial charge in [0, 0.05) is 12.4 Å². The highest BCUT2D eigenvalue weighted by molar-refractivity contribution is 5.93.